The summed E-state index contributed by atoms with van der Waals surface area (Å²) in [4.78, 5) is 77.7. The predicted molar refractivity (Wildman–Crippen MR) is 185 cm³/mol. The van der Waals surface area contributed by atoms with E-state index < -0.39 is 126 Å². The Morgan fingerprint density at radius 2 is 1.13 bits per heavy atom. The van der Waals surface area contributed by atoms with Gasteiger partial charge in [-0.05, 0) is 17.7 Å². The van der Waals surface area contributed by atoms with Gasteiger partial charge in [-0.2, -0.15) is 0 Å². The maximum absolute atomic E-state index is 13.6. The molecule has 0 spiro atoms. The number of hydrogen-bond donors (Lipinski definition) is 1. The molecule has 0 amide bonds. The van der Waals surface area contributed by atoms with E-state index in [0.717, 1.165) is 53.7 Å². The van der Waals surface area contributed by atoms with Crippen LogP contribution in [-0.2, 0) is 76.1 Å². The van der Waals surface area contributed by atoms with Gasteiger partial charge in [-0.15, -0.1) is 0 Å². The summed E-state index contributed by atoms with van der Waals surface area (Å²) in [5.41, 5.74) is 0.358. The molecule has 0 aliphatic carbocycles. The maximum Gasteiger partial charge on any atom is 0.303 e. The van der Waals surface area contributed by atoms with Crippen LogP contribution in [0.4, 0.5) is 4.39 Å². The molecule has 2 aliphatic rings. The van der Waals surface area contributed by atoms with Crippen molar-refractivity contribution in [1.82, 2.24) is 0 Å². The molecule has 2 aliphatic heterocycles. The van der Waals surface area contributed by atoms with Crippen LogP contribution in [-0.4, -0.2) is 126 Å². The van der Waals surface area contributed by atoms with Gasteiger partial charge in [0.1, 0.15) is 24.6 Å². The molecule has 18 nitrogen and oxygen atoms in total. The van der Waals surface area contributed by atoms with Crippen LogP contribution in [0.3, 0.4) is 0 Å². The third kappa shape index (κ3) is 13.8. The van der Waals surface area contributed by atoms with Crippen LogP contribution in [0.5, 0.6) is 0 Å². The van der Waals surface area contributed by atoms with Gasteiger partial charge in [0.05, 0.1) is 6.61 Å². The van der Waals surface area contributed by atoms with E-state index in [1.807, 2.05) is 0 Å². The fraction of sp³-hybridized carbons (Fsp3) is 0.576. The number of hydrogen-bond acceptors (Lipinski definition) is 18. The molecule has 1 aromatic rings. The van der Waals surface area contributed by atoms with E-state index in [9.17, 15) is 33.2 Å². The van der Waals surface area contributed by atoms with Gasteiger partial charge in [-0.3, -0.25) is 39.2 Å². The van der Waals surface area contributed by atoms with E-state index in [1.54, 1.807) is 0 Å². The number of nitrogens with one attached hydrogen (secondary N) is 1. The van der Waals surface area contributed by atoms with Crippen molar-refractivity contribution in [2.24, 2.45) is 4.99 Å². The Morgan fingerprint density at radius 1 is 0.673 bits per heavy atom. The molecular weight excluding hydrogens is 806 g/mol. The molecule has 55 heavy (non-hydrogen) atoms. The summed E-state index contributed by atoms with van der Waals surface area (Å²) in [6, 6.07) is 3.58. The SMILES string of the molecule is CC(=O)OC[C@H]1O[C@@H](OC[C@H]2O[C@H](OC(=N)C(Cl)(Cl)Cl)[C@H](N=Cc3ccc(F)cc3)[C@@H](OC(C)=O)[C@@H]2OC(C)=O)[C@H](OC(C)=O)[C@@H](OC(C)=O)[C@@H]1OC(C)=O. The first-order chi connectivity index (χ1) is 25.7. The van der Waals surface area contributed by atoms with Crippen molar-refractivity contribution < 1.29 is 80.5 Å². The Hall–Kier alpha value is -4.14. The highest BCUT2D eigenvalue weighted by Gasteiger charge is 2.55. The van der Waals surface area contributed by atoms with Crippen molar-refractivity contribution in [3.05, 3.63) is 35.6 Å². The molecule has 304 valence electrons. The first-order valence-electron chi connectivity index (χ1n) is 16.2. The zero-order valence-corrected chi connectivity index (χ0v) is 32.3. The lowest BCUT2D eigenvalue weighted by Gasteiger charge is -2.46. The minimum Gasteiger partial charge on any atom is -0.463 e. The molecule has 0 aromatic heterocycles. The van der Waals surface area contributed by atoms with Crippen molar-refractivity contribution in [2.75, 3.05) is 13.2 Å². The summed E-state index contributed by atoms with van der Waals surface area (Å²) in [7, 11) is 0. The second-order valence-corrected chi connectivity index (χ2v) is 14.1. The fourth-order valence-corrected chi connectivity index (χ4v) is 5.49. The second kappa shape index (κ2) is 20.1. The minimum atomic E-state index is -2.43. The van der Waals surface area contributed by atoms with Crippen molar-refractivity contribution in [2.45, 2.75) is 107 Å². The fourth-order valence-electron chi connectivity index (χ4n) is 5.36. The Kier molecular flexibility index (Phi) is 16.6. The first-order valence-corrected chi connectivity index (χ1v) is 17.3. The lowest BCUT2D eigenvalue weighted by atomic mass is 9.96. The summed E-state index contributed by atoms with van der Waals surface area (Å²) in [6.45, 7) is 5.00. The van der Waals surface area contributed by atoms with Crippen LogP contribution < -0.4 is 0 Å². The van der Waals surface area contributed by atoms with Crippen LogP contribution in [0.15, 0.2) is 29.3 Å². The number of carbonyl (C=O) groups excluding carboxylic acids is 6. The molecule has 0 unspecified atom stereocenters. The van der Waals surface area contributed by atoms with E-state index >= 15 is 0 Å². The van der Waals surface area contributed by atoms with E-state index in [1.165, 1.54) is 18.3 Å². The number of carbonyl (C=O) groups is 6. The molecule has 1 aromatic carbocycles. The quantitative estimate of drug-likeness (QED) is 0.0989. The molecule has 0 saturated carbocycles. The molecule has 0 bridgehead atoms. The van der Waals surface area contributed by atoms with Crippen LogP contribution in [0.25, 0.3) is 0 Å². The van der Waals surface area contributed by atoms with Crippen molar-refractivity contribution in [3.63, 3.8) is 0 Å². The Balaban J connectivity index is 2.10. The molecule has 1 N–H and O–H groups in total. The van der Waals surface area contributed by atoms with Crippen LogP contribution in [0, 0.1) is 11.2 Å². The maximum atomic E-state index is 13.6. The van der Waals surface area contributed by atoms with Crippen molar-refractivity contribution >= 4 is 82.7 Å². The normalized spacial score (nSPS) is 28.0. The van der Waals surface area contributed by atoms with Gasteiger partial charge in [-0.1, -0.05) is 46.9 Å². The van der Waals surface area contributed by atoms with E-state index in [4.69, 9.17) is 87.6 Å². The average molecular weight is 844 g/mol. The predicted octanol–water partition coefficient (Wildman–Crippen LogP) is 2.67. The van der Waals surface area contributed by atoms with Gasteiger partial charge in [0, 0.05) is 47.8 Å². The smallest absolute Gasteiger partial charge is 0.303 e. The number of benzene rings is 1. The molecule has 2 heterocycles. The first kappa shape index (κ1) is 45.3. The largest absolute Gasteiger partial charge is 0.463 e. The molecular formula is C33H38Cl3FN2O16. The number of ether oxygens (including phenoxy) is 10. The number of nitrogens with zero attached hydrogens (tertiary/aromatic N) is 1. The molecule has 10 atom stereocenters. The van der Waals surface area contributed by atoms with Crippen molar-refractivity contribution in [3.8, 4) is 0 Å². The third-order valence-corrected chi connectivity index (χ3v) is 7.86. The van der Waals surface area contributed by atoms with Gasteiger partial charge in [0.2, 0.25) is 12.2 Å². The zero-order valence-electron chi connectivity index (χ0n) is 30.1. The summed E-state index contributed by atoms with van der Waals surface area (Å²) in [5.74, 6) is -6.71. The highest BCUT2D eigenvalue weighted by Crippen LogP contribution is 2.35. The Labute approximate surface area is 328 Å². The standard InChI is InChI=1S/C33H38Cl3FN2O16/c1-14(40)46-12-22-26(49-16(3)42)28(51-18(5)44)29(52-19(6)45)31(54-22)47-13-23-25(48-15(2)41)27(50-17(4)43)24(30(53-23)55-32(38)33(34,35)36)39-11-20-7-9-21(37)10-8-20/h7-11,22-31,38H,12-13H2,1-6H3/t22-,23-,24-,25-,26-,27-,28+,29-,30-,31-/m1/s1. The topological polar surface area (TPSA) is 231 Å². The monoisotopic (exact) mass is 842 g/mol. The number of alkyl halides is 3. The van der Waals surface area contributed by atoms with Gasteiger partial charge in [0.25, 0.3) is 3.79 Å². The van der Waals surface area contributed by atoms with Gasteiger partial charge in [-0.25, -0.2) is 4.39 Å². The number of halogens is 4. The highest BCUT2D eigenvalue weighted by molar-refractivity contribution is 6.76. The molecule has 3 rings (SSSR count). The zero-order chi connectivity index (χ0) is 41.2. The molecule has 2 fully saturated rings. The summed E-state index contributed by atoms with van der Waals surface area (Å²) < 4.78 is 67.2. The van der Waals surface area contributed by atoms with E-state index in [-0.39, 0.29) is 0 Å². The second-order valence-electron chi connectivity index (χ2n) is 11.9. The average Bonchev–Trinajstić information content (AvgIpc) is 3.05. The van der Waals surface area contributed by atoms with E-state index in [2.05, 4.69) is 4.99 Å². The van der Waals surface area contributed by atoms with Crippen LogP contribution in [0.2, 0.25) is 0 Å². The van der Waals surface area contributed by atoms with E-state index in [0.29, 0.717) is 5.56 Å². The summed E-state index contributed by atoms with van der Waals surface area (Å²) in [6.07, 6.45) is -13.0. The third-order valence-electron chi connectivity index (χ3n) is 7.35. The van der Waals surface area contributed by atoms with Crippen LogP contribution in [0.1, 0.15) is 47.1 Å². The number of aliphatic imine (C=N–C) groups is 1. The lowest BCUT2D eigenvalue weighted by Crippen LogP contribution is -2.64. The number of esters is 6. The molecule has 2 saturated heterocycles. The lowest BCUT2D eigenvalue weighted by molar-refractivity contribution is -0.321. The van der Waals surface area contributed by atoms with Crippen LogP contribution >= 0.6 is 34.8 Å². The van der Waals surface area contributed by atoms with Gasteiger partial charge >= 0.3 is 35.8 Å². The Bertz CT molecular complexity index is 1610. The van der Waals surface area contributed by atoms with Gasteiger partial charge < -0.3 is 47.4 Å². The number of rotatable bonds is 13. The highest BCUT2D eigenvalue weighted by atomic mass is 35.6. The molecule has 22 heteroatoms. The van der Waals surface area contributed by atoms with Gasteiger partial charge in [0.15, 0.2) is 42.9 Å². The summed E-state index contributed by atoms with van der Waals surface area (Å²) in [5, 5.41) is 8.22. The molecule has 0 radical (unpaired) electrons. The minimum absolute atomic E-state index is 0.358. The van der Waals surface area contributed by atoms with Crippen molar-refractivity contribution in [1.29, 1.82) is 5.41 Å². The Morgan fingerprint density at radius 3 is 1.64 bits per heavy atom. The summed E-state index contributed by atoms with van der Waals surface area (Å²) >= 11 is 17.6.